The van der Waals surface area contributed by atoms with Gasteiger partial charge in [-0.3, -0.25) is 0 Å². The lowest BCUT2D eigenvalue weighted by atomic mass is 9.95. The molecule has 0 spiro atoms. The van der Waals surface area contributed by atoms with Crippen molar-refractivity contribution in [1.82, 2.24) is 5.32 Å². The highest BCUT2D eigenvalue weighted by Crippen LogP contribution is 2.23. The zero-order chi connectivity index (χ0) is 13.4. The van der Waals surface area contributed by atoms with E-state index in [0.29, 0.717) is 6.04 Å². The third-order valence-corrected chi connectivity index (χ3v) is 6.03. The van der Waals surface area contributed by atoms with E-state index >= 15 is 0 Å². The van der Waals surface area contributed by atoms with Crippen LogP contribution in [0.4, 0.5) is 0 Å². The Morgan fingerprint density at radius 2 is 2.00 bits per heavy atom. The Balaban J connectivity index is 2.15. The van der Waals surface area contributed by atoms with Gasteiger partial charge in [-0.05, 0) is 50.7 Å². The molecule has 1 rings (SSSR count). The van der Waals surface area contributed by atoms with Crippen LogP contribution in [0.3, 0.4) is 0 Å². The third kappa shape index (κ3) is 6.43. The molecule has 0 aromatic carbocycles. The van der Waals surface area contributed by atoms with Gasteiger partial charge in [-0.1, -0.05) is 12.8 Å². The fourth-order valence-electron chi connectivity index (χ4n) is 2.57. The maximum absolute atomic E-state index is 11.5. The van der Waals surface area contributed by atoms with Crippen LogP contribution in [0.15, 0.2) is 0 Å². The van der Waals surface area contributed by atoms with Gasteiger partial charge in [0.15, 0.2) is 0 Å². The number of hydrogen-bond donors (Lipinski definition) is 1. The van der Waals surface area contributed by atoms with Gasteiger partial charge in [-0.15, -0.1) is 0 Å². The van der Waals surface area contributed by atoms with E-state index in [1.807, 2.05) is 11.8 Å². The number of rotatable bonds is 8. The SMILES string of the molecule is CSCCCCCNC1CCCC(S(C)(=O)=O)C1. The van der Waals surface area contributed by atoms with E-state index in [0.717, 1.165) is 32.2 Å². The maximum Gasteiger partial charge on any atom is 0.150 e. The van der Waals surface area contributed by atoms with Crippen LogP contribution in [0.25, 0.3) is 0 Å². The predicted molar refractivity (Wildman–Crippen MR) is 81.1 cm³/mol. The van der Waals surface area contributed by atoms with Crippen molar-refractivity contribution in [2.24, 2.45) is 0 Å². The topological polar surface area (TPSA) is 46.2 Å². The first-order valence-electron chi connectivity index (χ1n) is 6.95. The lowest BCUT2D eigenvalue weighted by Crippen LogP contribution is -2.39. The minimum atomic E-state index is -2.84. The average molecular weight is 293 g/mol. The largest absolute Gasteiger partial charge is 0.314 e. The molecule has 0 bridgehead atoms. The summed E-state index contributed by atoms with van der Waals surface area (Å²) in [6.45, 7) is 1.04. The molecule has 1 N–H and O–H groups in total. The first kappa shape index (κ1) is 16.3. The van der Waals surface area contributed by atoms with E-state index < -0.39 is 9.84 Å². The second-order valence-electron chi connectivity index (χ2n) is 5.32. The smallest absolute Gasteiger partial charge is 0.150 e. The molecule has 0 saturated heterocycles. The number of sulfone groups is 1. The van der Waals surface area contributed by atoms with Crippen molar-refractivity contribution in [2.45, 2.75) is 56.2 Å². The Morgan fingerprint density at radius 3 is 2.67 bits per heavy atom. The van der Waals surface area contributed by atoms with Crippen LogP contribution in [0.1, 0.15) is 44.9 Å². The fraction of sp³-hybridized carbons (Fsp3) is 1.00. The summed E-state index contributed by atoms with van der Waals surface area (Å²) >= 11 is 1.90. The van der Waals surface area contributed by atoms with Gasteiger partial charge in [0.25, 0.3) is 0 Å². The fourth-order valence-corrected chi connectivity index (χ4v) is 4.24. The van der Waals surface area contributed by atoms with E-state index in [4.69, 9.17) is 0 Å². The minimum absolute atomic E-state index is 0.111. The summed E-state index contributed by atoms with van der Waals surface area (Å²) in [5.74, 6) is 1.25. The van der Waals surface area contributed by atoms with Crippen molar-refractivity contribution >= 4 is 21.6 Å². The number of hydrogen-bond acceptors (Lipinski definition) is 4. The molecule has 1 aliphatic rings. The normalized spacial score (nSPS) is 25.2. The molecule has 2 unspecified atom stereocenters. The highest BCUT2D eigenvalue weighted by atomic mass is 32.2. The van der Waals surface area contributed by atoms with Gasteiger partial charge in [0.2, 0.25) is 0 Å². The number of thioether (sulfide) groups is 1. The van der Waals surface area contributed by atoms with Gasteiger partial charge >= 0.3 is 0 Å². The lowest BCUT2D eigenvalue weighted by Gasteiger charge is -2.28. The molecule has 18 heavy (non-hydrogen) atoms. The molecule has 0 heterocycles. The first-order valence-corrected chi connectivity index (χ1v) is 10.3. The summed E-state index contributed by atoms with van der Waals surface area (Å²) in [5.41, 5.74) is 0. The molecular weight excluding hydrogens is 266 g/mol. The van der Waals surface area contributed by atoms with E-state index in [2.05, 4.69) is 11.6 Å². The van der Waals surface area contributed by atoms with Crippen LogP contribution >= 0.6 is 11.8 Å². The number of unbranched alkanes of at least 4 members (excludes halogenated alkanes) is 2. The highest BCUT2D eigenvalue weighted by Gasteiger charge is 2.28. The first-order chi connectivity index (χ1) is 8.54. The van der Waals surface area contributed by atoms with E-state index in [9.17, 15) is 8.42 Å². The van der Waals surface area contributed by atoms with E-state index in [-0.39, 0.29) is 5.25 Å². The minimum Gasteiger partial charge on any atom is -0.314 e. The summed E-state index contributed by atoms with van der Waals surface area (Å²) in [4.78, 5) is 0. The molecule has 0 aliphatic heterocycles. The summed E-state index contributed by atoms with van der Waals surface area (Å²) in [6, 6.07) is 0.416. The molecular formula is C13H27NO2S2. The van der Waals surface area contributed by atoms with Crippen molar-refractivity contribution in [1.29, 1.82) is 0 Å². The molecule has 3 nitrogen and oxygen atoms in total. The van der Waals surface area contributed by atoms with Crippen molar-refractivity contribution in [3.63, 3.8) is 0 Å². The molecule has 108 valence electrons. The zero-order valence-electron chi connectivity index (χ0n) is 11.7. The molecule has 0 aromatic rings. The zero-order valence-corrected chi connectivity index (χ0v) is 13.3. The second kappa shape index (κ2) is 8.43. The molecule has 0 aromatic heterocycles. The maximum atomic E-state index is 11.5. The highest BCUT2D eigenvalue weighted by molar-refractivity contribution is 7.98. The second-order valence-corrected chi connectivity index (χ2v) is 8.63. The Hall–Kier alpha value is 0.260. The average Bonchev–Trinajstić information content (AvgIpc) is 2.33. The monoisotopic (exact) mass is 293 g/mol. The van der Waals surface area contributed by atoms with Gasteiger partial charge in [-0.2, -0.15) is 11.8 Å². The Kier molecular flexibility index (Phi) is 7.64. The van der Waals surface area contributed by atoms with Crippen LogP contribution in [-0.2, 0) is 9.84 Å². The third-order valence-electron chi connectivity index (χ3n) is 3.69. The van der Waals surface area contributed by atoms with Gasteiger partial charge in [0, 0.05) is 12.3 Å². The van der Waals surface area contributed by atoms with Gasteiger partial charge in [0.05, 0.1) is 5.25 Å². The standard InChI is InChI=1S/C13H27NO2S2/c1-17-10-5-3-4-9-14-12-7-6-8-13(11-12)18(2,15)16/h12-14H,3-11H2,1-2H3. The van der Waals surface area contributed by atoms with Crippen molar-refractivity contribution in [2.75, 3.05) is 24.8 Å². The molecule has 0 amide bonds. The summed E-state index contributed by atoms with van der Waals surface area (Å²) < 4.78 is 23.1. The predicted octanol–water partition coefficient (Wildman–Crippen LogP) is 2.47. The molecule has 1 aliphatic carbocycles. The van der Waals surface area contributed by atoms with Crippen LogP contribution in [-0.4, -0.2) is 44.5 Å². The summed E-state index contributed by atoms with van der Waals surface area (Å²) in [7, 11) is -2.84. The molecule has 0 radical (unpaired) electrons. The van der Waals surface area contributed by atoms with Gasteiger partial charge in [-0.25, -0.2) is 8.42 Å². The van der Waals surface area contributed by atoms with Gasteiger partial charge in [0.1, 0.15) is 9.84 Å². The van der Waals surface area contributed by atoms with Crippen molar-refractivity contribution < 1.29 is 8.42 Å². The number of nitrogens with one attached hydrogen (secondary N) is 1. The van der Waals surface area contributed by atoms with Crippen LogP contribution in [0.2, 0.25) is 0 Å². The van der Waals surface area contributed by atoms with Crippen molar-refractivity contribution in [3.8, 4) is 0 Å². The van der Waals surface area contributed by atoms with Gasteiger partial charge < -0.3 is 5.32 Å². The Morgan fingerprint density at radius 1 is 1.22 bits per heavy atom. The van der Waals surface area contributed by atoms with Crippen LogP contribution in [0.5, 0.6) is 0 Å². The van der Waals surface area contributed by atoms with Crippen molar-refractivity contribution in [3.05, 3.63) is 0 Å². The Labute approximate surface area is 116 Å². The quantitative estimate of drug-likeness (QED) is 0.698. The molecule has 1 saturated carbocycles. The Bertz CT molecular complexity index is 317. The van der Waals surface area contributed by atoms with Crippen LogP contribution < -0.4 is 5.32 Å². The summed E-state index contributed by atoms with van der Waals surface area (Å²) in [5, 5.41) is 3.42. The summed E-state index contributed by atoms with van der Waals surface area (Å²) in [6.07, 6.45) is 11.1. The lowest BCUT2D eigenvalue weighted by molar-refractivity contribution is 0.369. The van der Waals surface area contributed by atoms with E-state index in [1.54, 1.807) is 0 Å². The molecule has 1 fully saturated rings. The van der Waals surface area contributed by atoms with E-state index in [1.165, 1.54) is 31.3 Å². The molecule has 5 heteroatoms. The molecule has 2 atom stereocenters. The van der Waals surface area contributed by atoms with Crippen LogP contribution in [0, 0.1) is 0 Å².